The molecule has 4 aromatic heterocycles. The van der Waals surface area contributed by atoms with E-state index >= 15 is 0 Å². The number of aromatic amines is 2. The molecule has 0 aliphatic rings. The summed E-state index contributed by atoms with van der Waals surface area (Å²) in [7, 11) is 8.53. The van der Waals surface area contributed by atoms with Gasteiger partial charge in [-0.2, -0.15) is 10.2 Å². The van der Waals surface area contributed by atoms with Crippen molar-refractivity contribution >= 4 is 21.8 Å². The molecule has 4 heterocycles. The number of nitrogens with zero attached hydrogens (tertiary/aromatic N) is 8. The SMILES string of the molecule is CN(C)CCc1c(-c2[nH]c3ccc(Cn4cncn4)cc3c2CCN(C)C)[nH]c2ccc(Cn3cncn3)cc12. The average Bonchev–Trinajstić information content (AvgIpc) is 3.73. The predicted molar refractivity (Wildman–Crippen MR) is 158 cm³/mol. The summed E-state index contributed by atoms with van der Waals surface area (Å²) in [5.41, 5.74) is 9.74. The highest BCUT2D eigenvalue weighted by atomic mass is 15.3. The van der Waals surface area contributed by atoms with E-state index in [4.69, 9.17) is 0 Å². The molecule has 0 aliphatic carbocycles. The lowest BCUT2D eigenvalue weighted by molar-refractivity contribution is 0.413. The van der Waals surface area contributed by atoms with Crippen LogP contribution in [0.2, 0.25) is 0 Å². The summed E-state index contributed by atoms with van der Waals surface area (Å²) in [6.07, 6.45) is 8.57. The molecule has 2 aromatic carbocycles. The van der Waals surface area contributed by atoms with Gasteiger partial charge in [0.05, 0.1) is 24.5 Å². The number of hydrogen-bond acceptors (Lipinski definition) is 6. The molecule has 2 N–H and O–H groups in total. The van der Waals surface area contributed by atoms with Crippen LogP contribution in [-0.2, 0) is 25.9 Å². The van der Waals surface area contributed by atoms with E-state index in [0.29, 0.717) is 13.1 Å². The largest absolute Gasteiger partial charge is 0.353 e. The molecule has 10 nitrogen and oxygen atoms in total. The molecule has 10 heteroatoms. The second-order valence-electron chi connectivity index (χ2n) is 11.0. The van der Waals surface area contributed by atoms with Crippen molar-refractivity contribution in [3.63, 3.8) is 0 Å². The molecule has 0 spiro atoms. The summed E-state index contributed by atoms with van der Waals surface area (Å²) in [5, 5.41) is 11.1. The van der Waals surface area contributed by atoms with Gasteiger partial charge in [0.1, 0.15) is 25.3 Å². The fourth-order valence-corrected chi connectivity index (χ4v) is 5.41. The summed E-state index contributed by atoms with van der Waals surface area (Å²) in [6.45, 7) is 3.31. The molecule has 6 rings (SSSR count). The van der Waals surface area contributed by atoms with Gasteiger partial charge in [-0.25, -0.2) is 19.3 Å². The number of hydrogen-bond donors (Lipinski definition) is 2. The van der Waals surface area contributed by atoms with Crippen LogP contribution in [0.1, 0.15) is 22.3 Å². The highest BCUT2D eigenvalue weighted by molar-refractivity contribution is 5.96. The van der Waals surface area contributed by atoms with Crippen molar-refractivity contribution < 1.29 is 0 Å². The van der Waals surface area contributed by atoms with E-state index in [1.54, 1.807) is 25.3 Å². The summed E-state index contributed by atoms with van der Waals surface area (Å²) in [6, 6.07) is 13.4. The molecule has 0 aliphatic heterocycles. The minimum Gasteiger partial charge on any atom is -0.353 e. The molecule has 0 saturated heterocycles. The minimum atomic E-state index is 0.693. The van der Waals surface area contributed by atoms with Crippen molar-refractivity contribution in [3.05, 3.63) is 84.0 Å². The van der Waals surface area contributed by atoms with Crippen LogP contribution in [0.4, 0.5) is 0 Å². The maximum absolute atomic E-state index is 4.30. The van der Waals surface area contributed by atoms with Gasteiger partial charge in [-0.1, -0.05) is 12.1 Å². The number of rotatable bonds is 11. The Kier molecular flexibility index (Phi) is 7.19. The Bertz CT molecular complexity index is 1580. The number of nitrogens with one attached hydrogen (secondary N) is 2. The first-order valence-electron chi connectivity index (χ1n) is 13.7. The normalized spacial score (nSPS) is 12.1. The Morgan fingerprint density at radius 2 is 1.10 bits per heavy atom. The molecule has 0 unspecified atom stereocenters. The van der Waals surface area contributed by atoms with E-state index in [0.717, 1.165) is 37.0 Å². The first-order chi connectivity index (χ1) is 19.4. The van der Waals surface area contributed by atoms with Crippen molar-refractivity contribution in [1.29, 1.82) is 0 Å². The van der Waals surface area contributed by atoms with Crippen molar-refractivity contribution in [2.75, 3.05) is 41.3 Å². The fraction of sp³-hybridized carbons (Fsp3) is 0.333. The number of fused-ring (bicyclic) bond motifs is 2. The first kappa shape index (κ1) is 26.0. The monoisotopic (exact) mass is 536 g/mol. The van der Waals surface area contributed by atoms with Gasteiger partial charge in [-0.15, -0.1) is 0 Å². The van der Waals surface area contributed by atoms with Gasteiger partial charge in [-0.3, -0.25) is 0 Å². The number of likely N-dealkylation sites (N-methyl/N-ethyl adjacent to an activating group) is 2. The molecular weight excluding hydrogens is 500 g/mol. The smallest absolute Gasteiger partial charge is 0.137 e. The van der Waals surface area contributed by atoms with E-state index in [-0.39, 0.29) is 0 Å². The van der Waals surface area contributed by atoms with Gasteiger partial charge in [0, 0.05) is 34.9 Å². The highest BCUT2D eigenvalue weighted by Crippen LogP contribution is 2.37. The van der Waals surface area contributed by atoms with E-state index in [2.05, 4.69) is 105 Å². The third kappa shape index (κ3) is 5.41. The van der Waals surface area contributed by atoms with Gasteiger partial charge < -0.3 is 19.8 Å². The lowest BCUT2D eigenvalue weighted by atomic mass is 9.99. The van der Waals surface area contributed by atoms with Crippen LogP contribution in [0.3, 0.4) is 0 Å². The van der Waals surface area contributed by atoms with E-state index in [1.165, 1.54) is 44.4 Å². The zero-order valence-electron chi connectivity index (χ0n) is 23.6. The maximum Gasteiger partial charge on any atom is 0.137 e. The number of benzene rings is 2. The lowest BCUT2D eigenvalue weighted by Gasteiger charge is -2.13. The average molecular weight is 537 g/mol. The topological polar surface area (TPSA) is 99.5 Å². The minimum absolute atomic E-state index is 0.693. The highest BCUT2D eigenvalue weighted by Gasteiger charge is 2.21. The summed E-state index contributed by atoms with van der Waals surface area (Å²) in [5.74, 6) is 0. The molecule has 0 radical (unpaired) electrons. The van der Waals surface area contributed by atoms with Gasteiger partial charge >= 0.3 is 0 Å². The van der Waals surface area contributed by atoms with Crippen LogP contribution in [0.25, 0.3) is 33.2 Å². The quantitative estimate of drug-likeness (QED) is 0.261. The van der Waals surface area contributed by atoms with Crippen molar-refractivity contribution in [1.82, 2.24) is 49.3 Å². The predicted octanol–water partition coefficient (Wildman–Crippen LogP) is 3.80. The van der Waals surface area contributed by atoms with Crippen LogP contribution in [0.5, 0.6) is 0 Å². The van der Waals surface area contributed by atoms with Crippen molar-refractivity contribution in [2.45, 2.75) is 25.9 Å². The van der Waals surface area contributed by atoms with Gasteiger partial charge in [0.25, 0.3) is 0 Å². The van der Waals surface area contributed by atoms with Crippen molar-refractivity contribution in [2.24, 2.45) is 0 Å². The second-order valence-corrected chi connectivity index (χ2v) is 11.0. The third-order valence-electron chi connectivity index (χ3n) is 7.43. The van der Waals surface area contributed by atoms with E-state index in [1.807, 2.05) is 9.36 Å². The Hall–Kier alpha value is -4.28. The molecule has 0 fully saturated rings. The van der Waals surface area contributed by atoms with Crippen LogP contribution in [-0.4, -0.2) is 90.6 Å². The van der Waals surface area contributed by atoms with Gasteiger partial charge in [-0.05, 0) is 87.6 Å². The lowest BCUT2D eigenvalue weighted by Crippen LogP contribution is -2.16. The zero-order valence-corrected chi connectivity index (χ0v) is 23.6. The molecular formula is C30H36N10. The summed E-state index contributed by atoms with van der Waals surface area (Å²) < 4.78 is 3.73. The molecule has 0 bridgehead atoms. The Morgan fingerprint density at radius 1 is 0.650 bits per heavy atom. The zero-order chi connectivity index (χ0) is 27.6. The van der Waals surface area contributed by atoms with Crippen LogP contribution in [0, 0.1) is 0 Å². The molecule has 0 amide bonds. The van der Waals surface area contributed by atoms with Crippen LogP contribution < -0.4 is 0 Å². The molecule has 6 aromatic rings. The van der Waals surface area contributed by atoms with Crippen molar-refractivity contribution in [3.8, 4) is 11.4 Å². The fourth-order valence-electron chi connectivity index (χ4n) is 5.41. The third-order valence-corrected chi connectivity index (χ3v) is 7.43. The number of aromatic nitrogens is 8. The Morgan fingerprint density at radius 3 is 1.48 bits per heavy atom. The standard InChI is InChI=1S/C30H36N10/c1-37(2)11-9-23-25-13-21(15-39-19-31-17-33-39)5-7-27(25)35-29(23)30-24(10-12-38(3)4)26-14-22(6-8-28(26)36-30)16-40-20-32-18-34-40/h5-8,13-14,17-20,35-36H,9-12,15-16H2,1-4H3. The van der Waals surface area contributed by atoms with Crippen LogP contribution in [0.15, 0.2) is 61.7 Å². The Labute approximate surface area is 233 Å². The molecule has 0 saturated carbocycles. The van der Waals surface area contributed by atoms with E-state index in [9.17, 15) is 0 Å². The maximum atomic E-state index is 4.30. The Balaban J connectivity index is 1.48. The summed E-state index contributed by atoms with van der Waals surface area (Å²) in [4.78, 5) is 20.3. The number of H-pyrrole nitrogens is 2. The molecule has 206 valence electrons. The molecule has 0 atom stereocenters. The van der Waals surface area contributed by atoms with Gasteiger partial charge in [0.15, 0.2) is 0 Å². The van der Waals surface area contributed by atoms with Crippen LogP contribution >= 0.6 is 0 Å². The first-order valence-corrected chi connectivity index (χ1v) is 13.7. The van der Waals surface area contributed by atoms with Gasteiger partial charge in [0.2, 0.25) is 0 Å². The molecule has 40 heavy (non-hydrogen) atoms. The summed E-state index contributed by atoms with van der Waals surface area (Å²) >= 11 is 0. The van der Waals surface area contributed by atoms with E-state index < -0.39 is 0 Å². The second kappa shape index (κ2) is 11.1.